The highest BCUT2D eigenvalue weighted by Crippen LogP contribution is 2.35. The first-order chi connectivity index (χ1) is 21.7. The number of aromatic hydroxyl groups is 2. The zero-order chi connectivity index (χ0) is 33.4. The summed E-state index contributed by atoms with van der Waals surface area (Å²) in [5.41, 5.74) is 4.86. The maximum Gasteiger partial charge on any atom is 0.393 e. The lowest BCUT2D eigenvalue weighted by molar-refractivity contribution is -0.127. The van der Waals surface area contributed by atoms with Gasteiger partial charge in [0.05, 0.1) is 22.4 Å². The molecule has 0 radical (unpaired) electrons. The summed E-state index contributed by atoms with van der Waals surface area (Å²) in [6.45, 7) is 1.53. The summed E-state index contributed by atoms with van der Waals surface area (Å²) in [6, 6.07) is 11.5. The number of sulfonamides is 1. The summed E-state index contributed by atoms with van der Waals surface area (Å²) in [7, 11) is -4.10. The number of hydrogen-bond acceptors (Lipinski definition) is 9. The predicted octanol–water partition coefficient (Wildman–Crippen LogP) is 4.75. The van der Waals surface area contributed by atoms with E-state index < -0.39 is 57.0 Å². The van der Waals surface area contributed by atoms with Crippen molar-refractivity contribution in [3.8, 4) is 22.9 Å². The average Bonchev–Trinajstić information content (AvgIpc) is 3.43. The van der Waals surface area contributed by atoms with E-state index in [0.29, 0.717) is 24.1 Å². The standard InChI is InChI=1S/C29H25F4N7O5S/c1-2-14-5-3-4-6-22(14)46(44,45)40-20-8-7-17(41)9-16(20)13-35-27-23-24(25(34)43)38-39-28(23)37-26(36-27)18-11-19(30)21(42)10-15(18)12-29(31,32)33/h3-11,40-42H,2,12-13H2,1H3,(H2,34,43)(H2,35,36,37,38,39). The first kappa shape index (κ1) is 32.0. The summed E-state index contributed by atoms with van der Waals surface area (Å²) >= 11 is 0. The van der Waals surface area contributed by atoms with Gasteiger partial charge in [0.1, 0.15) is 17.3 Å². The van der Waals surface area contributed by atoms with E-state index in [1.807, 2.05) is 0 Å². The number of primary amides is 1. The van der Waals surface area contributed by atoms with Crippen LogP contribution in [0.4, 0.5) is 29.1 Å². The molecule has 240 valence electrons. The molecule has 0 aliphatic heterocycles. The number of amides is 1. The minimum atomic E-state index is -4.74. The number of hydrogen-bond donors (Lipinski definition) is 6. The molecule has 46 heavy (non-hydrogen) atoms. The molecule has 7 N–H and O–H groups in total. The molecule has 0 fully saturated rings. The number of benzene rings is 3. The molecule has 0 bridgehead atoms. The first-order valence-electron chi connectivity index (χ1n) is 13.5. The third-order valence-electron chi connectivity index (χ3n) is 6.89. The van der Waals surface area contributed by atoms with Crippen molar-refractivity contribution in [2.75, 3.05) is 10.0 Å². The fourth-order valence-corrected chi connectivity index (χ4v) is 6.20. The maximum atomic E-state index is 14.4. The Labute approximate surface area is 258 Å². The normalized spacial score (nSPS) is 11.9. The number of fused-ring (bicyclic) bond motifs is 1. The van der Waals surface area contributed by atoms with E-state index in [2.05, 4.69) is 30.2 Å². The molecule has 2 aromatic heterocycles. The number of aryl methyl sites for hydroxylation is 1. The zero-order valence-electron chi connectivity index (χ0n) is 23.8. The molecular formula is C29H25F4N7O5S. The van der Waals surface area contributed by atoms with Gasteiger partial charge in [-0.2, -0.15) is 18.3 Å². The van der Waals surface area contributed by atoms with Gasteiger partial charge in [-0.3, -0.25) is 14.6 Å². The van der Waals surface area contributed by atoms with Gasteiger partial charge in [0.25, 0.3) is 15.9 Å². The number of aromatic amines is 1. The van der Waals surface area contributed by atoms with Gasteiger partial charge in [-0.25, -0.2) is 22.8 Å². The highest BCUT2D eigenvalue weighted by Gasteiger charge is 2.31. The lowest BCUT2D eigenvalue weighted by Gasteiger charge is -2.16. The van der Waals surface area contributed by atoms with Crippen molar-refractivity contribution in [1.82, 2.24) is 20.2 Å². The van der Waals surface area contributed by atoms with Crippen LogP contribution in [0.25, 0.3) is 22.4 Å². The number of anilines is 2. The first-order valence-corrected chi connectivity index (χ1v) is 15.0. The van der Waals surface area contributed by atoms with Crippen LogP contribution >= 0.6 is 0 Å². The van der Waals surface area contributed by atoms with Crippen LogP contribution in [0.1, 0.15) is 34.1 Å². The van der Waals surface area contributed by atoms with Gasteiger partial charge in [-0.1, -0.05) is 25.1 Å². The minimum absolute atomic E-state index is 0.0481. The second kappa shape index (κ2) is 12.2. The summed E-state index contributed by atoms with van der Waals surface area (Å²) < 4.78 is 83.7. The molecule has 0 saturated heterocycles. The van der Waals surface area contributed by atoms with Gasteiger partial charge in [-0.05, 0) is 59.5 Å². The van der Waals surface area contributed by atoms with Gasteiger partial charge in [0, 0.05) is 12.1 Å². The van der Waals surface area contributed by atoms with Crippen LogP contribution in [0.5, 0.6) is 11.5 Å². The highest BCUT2D eigenvalue weighted by molar-refractivity contribution is 7.92. The molecule has 1 amide bonds. The largest absolute Gasteiger partial charge is 0.508 e. The van der Waals surface area contributed by atoms with Crippen LogP contribution in [-0.4, -0.2) is 50.9 Å². The second-order valence-electron chi connectivity index (χ2n) is 10.1. The Morgan fingerprint density at radius 3 is 2.46 bits per heavy atom. The van der Waals surface area contributed by atoms with Crippen molar-refractivity contribution < 1.29 is 41.0 Å². The average molecular weight is 660 g/mol. The lowest BCUT2D eigenvalue weighted by Crippen LogP contribution is -2.17. The van der Waals surface area contributed by atoms with Crippen LogP contribution in [0.2, 0.25) is 0 Å². The Morgan fingerprint density at radius 1 is 1.02 bits per heavy atom. The van der Waals surface area contributed by atoms with Crippen molar-refractivity contribution in [1.29, 1.82) is 0 Å². The number of rotatable bonds is 10. The topological polar surface area (TPSA) is 196 Å². The number of carbonyl (C=O) groups excluding carboxylic acids is 1. The van der Waals surface area contributed by atoms with Gasteiger partial charge in [-0.15, -0.1) is 0 Å². The fraction of sp³-hybridized carbons (Fsp3) is 0.172. The predicted molar refractivity (Wildman–Crippen MR) is 159 cm³/mol. The SMILES string of the molecule is CCc1ccccc1S(=O)(=O)Nc1ccc(O)cc1CNc1nc(-c2cc(F)c(O)cc2CC(F)(F)F)nc2n[nH]c(C(N)=O)c12. The van der Waals surface area contributed by atoms with E-state index in [9.17, 15) is 41.0 Å². The van der Waals surface area contributed by atoms with Crippen molar-refractivity contribution in [2.24, 2.45) is 5.73 Å². The molecule has 5 aromatic rings. The number of carbonyl (C=O) groups is 1. The van der Waals surface area contributed by atoms with Crippen molar-refractivity contribution in [3.63, 3.8) is 0 Å². The number of nitrogens with two attached hydrogens (primary N) is 1. The maximum absolute atomic E-state index is 14.4. The zero-order valence-corrected chi connectivity index (χ0v) is 24.6. The molecule has 0 aliphatic rings. The molecule has 0 unspecified atom stereocenters. The van der Waals surface area contributed by atoms with Crippen LogP contribution in [0.3, 0.4) is 0 Å². The Hall–Kier alpha value is -5.45. The van der Waals surface area contributed by atoms with Gasteiger partial charge in [0.15, 0.2) is 23.0 Å². The Balaban J connectivity index is 1.58. The van der Waals surface area contributed by atoms with Gasteiger partial charge >= 0.3 is 6.18 Å². The Kier molecular flexibility index (Phi) is 8.44. The number of nitrogens with one attached hydrogen (secondary N) is 3. The van der Waals surface area contributed by atoms with E-state index in [0.717, 1.165) is 0 Å². The van der Waals surface area contributed by atoms with Crippen molar-refractivity contribution in [2.45, 2.75) is 37.4 Å². The summed E-state index contributed by atoms with van der Waals surface area (Å²) in [5.74, 6) is -4.08. The number of halogens is 4. The molecule has 3 aromatic carbocycles. The number of phenols is 2. The molecule has 0 saturated carbocycles. The second-order valence-corrected chi connectivity index (χ2v) is 11.7. The van der Waals surface area contributed by atoms with E-state index in [-0.39, 0.29) is 51.0 Å². The van der Waals surface area contributed by atoms with Gasteiger partial charge in [0.2, 0.25) is 0 Å². The lowest BCUT2D eigenvalue weighted by atomic mass is 10.0. The van der Waals surface area contributed by atoms with Crippen molar-refractivity contribution in [3.05, 3.63) is 82.8 Å². The molecule has 0 aliphatic carbocycles. The van der Waals surface area contributed by atoms with Gasteiger partial charge < -0.3 is 21.3 Å². The summed E-state index contributed by atoms with van der Waals surface area (Å²) in [4.78, 5) is 20.6. The van der Waals surface area contributed by atoms with Crippen LogP contribution in [-0.2, 0) is 29.4 Å². The van der Waals surface area contributed by atoms with Crippen molar-refractivity contribution >= 4 is 38.5 Å². The van der Waals surface area contributed by atoms with E-state index in [1.54, 1.807) is 25.1 Å². The minimum Gasteiger partial charge on any atom is -0.508 e. The third kappa shape index (κ3) is 6.63. The number of alkyl halides is 3. The number of aromatic nitrogens is 4. The third-order valence-corrected chi connectivity index (χ3v) is 8.35. The van der Waals surface area contributed by atoms with Crippen LogP contribution in [0, 0.1) is 5.82 Å². The molecule has 0 spiro atoms. The molecular weight excluding hydrogens is 634 g/mol. The van der Waals surface area contributed by atoms with Crippen LogP contribution < -0.4 is 15.8 Å². The monoisotopic (exact) mass is 659 g/mol. The fourth-order valence-electron chi connectivity index (χ4n) is 4.79. The number of phenolic OH excluding ortho intramolecular Hbond substituents is 2. The Morgan fingerprint density at radius 2 is 1.76 bits per heavy atom. The summed E-state index contributed by atoms with van der Waals surface area (Å²) in [5, 5.41) is 29.1. The van der Waals surface area contributed by atoms with Crippen LogP contribution in [0.15, 0.2) is 59.5 Å². The quantitative estimate of drug-likeness (QED) is 0.0906. The number of nitrogens with zero attached hydrogens (tertiary/aromatic N) is 3. The summed E-state index contributed by atoms with van der Waals surface area (Å²) in [6.07, 6.45) is -5.86. The molecule has 2 heterocycles. The molecule has 12 nitrogen and oxygen atoms in total. The molecule has 5 rings (SSSR count). The Bertz CT molecular complexity index is 2080. The van der Waals surface area contributed by atoms with E-state index in [4.69, 9.17) is 5.73 Å². The highest BCUT2D eigenvalue weighted by atomic mass is 32.2. The molecule has 17 heteroatoms. The van der Waals surface area contributed by atoms with E-state index in [1.165, 1.54) is 24.3 Å². The smallest absolute Gasteiger partial charge is 0.393 e. The molecule has 0 atom stereocenters. The van der Waals surface area contributed by atoms with E-state index >= 15 is 0 Å². The number of H-pyrrole nitrogens is 1.